The fourth-order valence-electron chi connectivity index (χ4n) is 2.43. The monoisotopic (exact) mass is 234 g/mol. The van der Waals surface area contributed by atoms with E-state index in [9.17, 15) is 5.11 Å². The van der Waals surface area contributed by atoms with Gasteiger partial charge in [-0.05, 0) is 18.9 Å². The van der Waals surface area contributed by atoms with Gasteiger partial charge < -0.3 is 9.84 Å². The van der Waals surface area contributed by atoms with Gasteiger partial charge >= 0.3 is 0 Å². The van der Waals surface area contributed by atoms with Crippen molar-refractivity contribution in [2.75, 3.05) is 0 Å². The summed E-state index contributed by atoms with van der Waals surface area (Å²) in [6.45, 7) is 0.539. The maximum Gasteiger partial charge on any atom is 0.121 e. The van der Waals surface area contributed by atoms with E-state index < -0.39 is 0 Å². The average molecular weight is 234 g/mol. The van der Waals surface area contributed by atoms with Gasteiger partial charge in [0.05, 0.1) is 12.7 Å². The molecule has 0 heterocycles. The van der Waals surface area contributed by atoms with Crippen molar-refractivity contribution in [3.05, 3.63) is 29.8 Å². The third-order valence-corrected chi connectivity index (χ3v) is 3.52. The largest absolute Gasteiger partial charge is 0.508 e. The lowest BCUT2D eigenvalue weighted by Crippen LogP contribution is -2.14. The summed E-state index contributed by atoms with van der Waals surface area (Å²) in [7, 11) is 0. The van der Waals surface area contributed by atoms with E-state index in [-0.39, 0.29) is 0 Å². The molecule has 1 saturated carbocycles. The number of benzene rings is 1. The number of hydrogen-bond donors (Lipinski definition) is 1. The van der Waals surface area contributed by atoms with Crippen LogP contribution in [0.1, 0.15) is 50.5 Å². The number of para-hydroxylation sites is 1. The van der Waals surface area contributed by atoms with E-state index in [1.807, 2.05) is 18.2 Å². The average Bonchev–Trinajstić information content (AvgIpc) is 2.29. The zero-order valence-corrected chi connectivity index (χ0v) is 10.4. The highest BCUT2D eigenvalue weighted by atomic mass is 16.5. The third-order valence-electron chi connectivity index (χ3n) is 3.52. The molecule has 0 spiro atoms. The van der Waals surface area contributed by atoms with Crippen LogP contribution in [0, 0.1) is 0 Å². The maximum atomic E-state index is 9.66. The number of rotatable bonds is 3. The fraction of sp³-hybridized carbons (Fsp3) is 0.600. The normalized spacial score (nSPS) is 18.6. The molecule has 2 heteroatoms. The predicted octanol–water partition coefficient (Wildman–Crippen LogP) is 4.02. The lowest BCUT2D eigenvalue weighted by molar-refractivity contribution is 0.0228. The van der Waals surface area contributed by atoms with Crippen molar-refractivity contribution in [3.8, 4) is 5.75 Å². The number of hydrogen-bond acceptors (Lipinski definition) is 2. The van der Waals surface area contributed by atoms with Gasteiger partial charge in [-0.15, -0.1) is 0 Å². The topological polar surface area (TPSA) is 29.5 Å². The maximum absolute atomic E-state index is 9.66. The quantitative estimate of drug-likeness (QED) is 0.855. The molecule has 0 bridgehead atoms. The van der Waals surface area contributed by atoms with Crippen LogP contribution in [0.2, 0.25) is 0 Å². The van der Waals surface area contributed by atoms with Gasteiger partial charge in [0.25, 0.3) is 0 Å². The number of ether oxygens (including phenoxy) is 1. The van der Waals surface area contributed by atoms with Crippen molar-refractivity contribution in [1.29, 1.82) is 0 Å². The highest BCUT2D eigenvalue weighted by Gasteiger charge is 2.12. The van der Waals surface area contributed by atoms with Crippen LogP contribution in [-0.2, 0) is 11.3 Å². The van der Waals surface area contributed by atoms with Crippen LogP contribution in [-0.4, -0.2) is 11.2 Å². The van der Waals surface area contributed by atoms with E-state index in [4.69, 9.17) is 4.74 Å². The first-order chi connectivity index (χ1) is 8.36. The molecule has 94 valence electrons. The molecule has 1 aromatic carbocycles. The van der Waals surface area contributed by atoms with Crippen molar-refractivity contribution >= 4 is 0 Å². The van der Waals surface area contributed by atoms with Gasteiger partial charge in [0.2, 0.25) is 0 Å². The van der Waals surface area contributed by atoms with E-state index >= 15 is 0 Å². The summed E-state index contributed by atoms with van der Waals surface area (Å²) in [6, 6.07) is 7.43. The minimum atomic E-state index is 0.346. The Hall–Kier alpha value is -1.02. The predicted molar refractivity (Wildman–Crippen MR) is 69.0 cm³/mol. The number of phenols is 1. The molecule has 0 radical (unpaired) electrons. The summed E-state index contributed by atoms with van der Waals surface area (Å²) in [6.07, 6.45) is 9.37. The van der Waals surface area contributed by atoms with E-state index in [2.05, 4.69) is 0 Å². The molecule has 17 heavy (non-hydrogen) atoms. The summed E-state index contributed by atoms with van der Waals surface area (Å²) in [5, 5.41) is 9.66. The third kappa shape index (κ3) is 4.04. The lowest BCUT2D eigenvalue weighted by atomic mass is 9.98. The van der Waals surface area contributed by atoms with Gasteiger partial charge in [0, 0.05) is 5.56 Å². The molecular formula is C15H22O2. The zero-order chi connectivity index (χ0) is 11.9. The number of aromatic hydroxyl groups is 1. The summed E-state index contributed by atoms with van der Waals surface area (Å²) < 4.78 is 5.93. The molecule has 0 amide bonds. The first kappa shape index (κ1) is 12.4. The Morgan fingerprint density at radius 1 is 1.00 bits per heavy atom. The van der Waals surface area contributed by atoms with Crippen LogP contribution in [0.15, 0.2) is 24.3 Å². The van der Waals surface area contributed by atoms with Crippen molar-refractivity contribution in [3.63, 3.8) is 0 Å². The molecule has 0 aromatic heterocycles. The fourth-order valence-corrected chi connectivity index (χ4v) is 2.43. The van der Waals surface area contributed by atoms with Gasteiger partial charge in [0.1, 0.15) is 5.75 Å². The Kier molecular flexibility index (Phi) is 4.87. The van der Waals surface area contributed by atoms with Gasteiger partial charge in [0.15, 0.2) is 0 Å². The molecule has 0 saturated heterocycles. The van der Waals surface area contributed by atoms with Crippen LogP contribution in [0.5, 0.6) is 5.75 Å². The van der Waals surface area contributed by atoms with Crippen molar-refractivity contribution < 1.29 is 9.84 Å². The van der Waals surface area contributed by atoms with Crippen molar-refractivity contribution in [1.82, 2.24) is 0 Å². The molecule has 0 aliphatic heterocycles. The summed E-state index contributed by atoms with van der Waals surface area (Å²) in [4.78, 5) is 0. The molecular weight excluding hydrogens is 212 g/mol. The lowest BCUT2D eigenvalue weighted by Gasteiger charge is -2.20. The molecule has 0 unspecified atom stereocenters. The highest BCUT2D eigenvalue weighted by Crippen LogP contribution is 2.22. The first-order valence-corrected chi connectivity index (χ1v) is 6.75. The molecule has 0 atom stereocenters. The summed E-state index contributed by atoms with van der Waals surface area (Å²) >= 11 is 0. The molecule has 2 nitrogen and oxygen atoms in total. The van der Waals surface area contributed by atoms with E-state index in [0.29, 0.717) is 18.5 Å². The summed E-state index contributed by atoms with van der Waals surface area (Å²) in [5.74, 6) is 0.346. The molecule has 1 aliphatic carbocycles. The van der Waals surface area contributed by atoms with Crippen LogP contribution in [0.25, 0.3) is 0 Å². The van der Waals surface area contributed by atoms with Crippen LogP contribution in [0.3, 0.4) is 0 Å². The first-order valence-electron chi connectivity index (χ1n) is 6.75. The zero-order valence-electron chi connectivity index (χ0n) is 10.4. The van der Waals surface area contributed by atoms with Crippen LogP contribution in [0.4, 0.5) is 0 Å². The molecule has 1 N–H and O–H groups in total. The second kappa shape index (κ2) is 6.65. The molecule has 1 fully saturated rings. The molecule has 1 aromatic rings. The molecule has 1 aliphatic rings. The van der Waals surface area contributed by atoms with Gasteiger partial charge in [-0.3, -0.25) is 0 Å². The SMILES string of the molecule is Oc1ccccc1COC1CCCCCCC1. The number of phenolic OH excluding ortho intramolecular Hbond substituents is 1. The second-order valence-corrected chi connectivity index (χ2v) is 4.91. The van der Waals surface area contributed by atoms with Crippen molar-refractivity contribution in [2.45, 2.75) is 57.7 Å². The van der Waals surface area contributed by atoms with Crippen LogP contribution >= 0.6 is 0 Å². The van der Waals surface area contributed by atoms with Gasteiger partial charge in [-0.25, -0.2) is 0 Å². The summed E-state index contributed by atoms with van der Waals surface area (Å²) in [5.41, 5.74) is 0.898. The van der Waals surface area contributed by atoms with E-state index in [0.717, 1.165) is 5.56 Å². The molecule has 2 rings (SSSR count). The van der Waals surface area contributed by atoms with E-state index in [1.54, 1.807) is 6.07 Å². The van der Waals surface area contributed by atoms with Gasteiger partial charge in [-0.1, -0.05) is 50.3 Å². The van der Waals surface area contributed by atoms with E-state index in [1.165, 1.54) is 44.9 Å². The van der Waals surface area contributed by atoms with Crippen LogP contribution < -0.4 is 0 Å². The Labute approximate surface area is 104 Å². The Balaban J connectivity index is 1.82. The highest BCUT2D eigenvalue weighted by molar-refractivity contribution is 5.30. The Morgan fingerprint density at radius 3 is 2.35 bits per heavy atom. The Bertz CT molecular complexity index is 327. The standard InChI is InChI=1S/C15H22O2/c16-15-11-7-6-8-13(15)12-17-14-9-4-2-1-3-5-10-14/h6-8,11,14,16H,1-5,9-10,12H2. The van der Waals surface area contributed by atoms with Gasteiger partial charge in [-0.2, -0.15) is 0 Å². The minimum Gasteiger partial charge on any atom is -0.508 e. The second-order valence-electron chi connectivity index (χ2n) is 4.91. The van der Waals surface area contributed by atoms with Crippen molar-refractivity contribution in [2.24, 2.45) is 0 Å². The smallest absolute Gasteiger partial charge is 0.121 e. The minimum absolute atomic E-state index is 0.346. The Morgan fingerprint density at radius 2 is 1.65 bits per heavy atom.